The highest BCUT2D eigenvalue weighted by atomic mass is 79.9. The highest BCUT2D eigenvalue weighted by molar-refractivity contribution is 9.10. The summed E-state index contributed by atoms with van der Waals surface area (Å²) in [4.78, 5) is 15.7. The molecule has 2 rings (SSSR count). The fourth-order valence-electron chi connectivity index (χ4n) is 2.07. The fourth-order valence-corrected chi connectivity index (χ4v) is 2.55. The molecule has 1 fully saturated rings. The number of amides is 1. The van der Waals surface area contributed by atoms with Gasteiger partial charge in [0.05, 0.1) is 12.2 Å². The highest BCUT2D eigenvalue weighted by Crippen LogP contribution is 2.22. The minimum absolute atomic E-state index is 0.0938. The zero-order valence-electron chi connectivity index (χ0n) is 9.88. The second-order valence-electron chi connectivity index (χ2n) is 4.40. The number of hydrogen-bond acceptors (Lipinski definition) is 3. The zero-order valence-corrected chi connectivity index (χ0v) is 12.2. The third-order valence-corrected chi connectivity index (χ3v) is 3.72. The smallest absolute Gasteiger partial charge is 0.238 e. The van der Waals surface area contributed by atoms with Crippen LogP contribution in [0.1, 0.15) is 25.7 Å². The summed E-state index contributed by atoms with van der Waals surface area (Å²) in [5.41, 5.74) is 0.532. The van der Waals surface area contributed by atoms with Gasteiger partial charge in [-0.1, -0.05) is 24.4 Å². The number of anilines is 1. The second kappa shape index (κ2) is 6.50. The van der Waals surface area contributed by atoms with Crippen LogP contribution >= 0.6 is 27.5 Å². The van der Waals surface area contributed by atoms with Crippen LogP contribution in [-0.2, 0) is 4.79 Å². The van der Waals surface area contributed by atoms with Crippen molar-refractivity contribution in [3.63, 3.8) is 0 Å². The van der Waals surface area contributed by atoms with Crippen molar-refractivity contribution in [2.24, 2.45) is 0 Å². The van der Waals surface area contributed by atoms with Crippen molar-refractivity contribution >= 4 is 39.1 Å². The number of aromatic nitrogens is 1. The Morgan fingerprint density at radius 2 is 2.22 bits per heavy atom. The molecule has 1 aromatic heterocycles. The van der Waals surface area contributed by atoms with Crippen LogP contribution in [0, 0.1) is 0 Å². The average Bonchev–Trinajstić information content (AvgIpc) is 2.84. The van der Waals surface area contributed by atoms with Crippen molar-refractivity contribution in [2.45, 2.75) is 31.7 Å². The lowest BCUT2D eigenvalue weighted by Gasteiger charge is -2.12. The van der Waals surface area contributed by atoms with Crippen molar-refractivity contribution in [1.82, 2.24) is 10.3 Å². The van der Waals surface area contributed by atoms with Gasteiger partial charge >= 0.3 is 0 Å². The number of halogens is 2. The number of nitrogens with zero attached hydrogens (tertiary/aromatic N) is 1. The fraction of sp³-hybridized carbons (Fsp3) is 0.500. The van der Waals surface area contributed by atoms with Crippen LogP contribution in [0.3, 0.4) is 0 Å². The molecule has 1 heterocycles. The van der Waals surface area contributed by atoms with Gasteiger partial charge in [0.25, 0.3) is 0 Å². The van der Waals surface area contributed by atoms with Crippen LogP contribution in [0.4, 0.5) is 5.69 Å². The Hall–Kier alpha value is -0.650. The monoisotopic (exact) mass is 331 g/mol. The van der Waals surface area contributed by atoms with Crippen molar-refractivity contribution in [3.05, 3.63) is 21.9 Å². The summed E-state index contributed by atoms with van der Waals surface area (Å²) in [6.45, 7) is 0.313. The number of nitrogens with one attached hydrogen (secondary N) is 2. The maximum absolute atomic E-state index is 11.8. The van der Waals surface area contributed by atoms with Crippen molar-refractivity contribution < 1.29 is 4.79 Å². The Morgan fingerprint density at radius 3 is 2.94 bits per heavy atom. The molecule has 0 aliphatic heterocycles. The minimum Gasteiger partial charge on any atom is -0.322 e. The summed E-state index contributed by atoms with van der Waals surface area (Å²) < 4.78 is 0.783. The summed E-state index contributed by atoms with van der Waals surface area (Å²) in [6.07, 6.45) is 6.41. The number of carbonyl (C=O) groups is 1. The molecule has 0 bridgehead atoms. The topological polar surface area (TPSA) is 54.0 Å². The Bertz CT molecular complexity index is 435. The summed E-state index contributed by atoms with van der Waals surface area (Å²) in [5, 5.41) is 6.30. The Balaban J connectivity index is 1.84. The lowest BCUT2D eigenvalue weighted by atomic mass is 10.2. The molecule has 0 radical (unpaired) electrons. The van der Waals surface area contributed by atoms with E-state index in [1.165, 1.54) is 12.8 Å². The first-order valence-electron chi connectivity index (χ1n) is 5.99. The molecule has 0 unspecified atom stereocenters. The van der Waals surface area contributed by atoms with Gasteiger partial charge in [0, 0.05) is 16.7 Å². The van der Waals surface area contributed by atoms with Crippen molar-refractivity contribution in [1.29, 1.82) is 0 Å². The maximum atomic E-state index is 11.8. The largest absolute Gasteiger partial charge is 0.322 e. The van der Waals surface area contributed by atoms with E-state index in [2.05, 4.69) is 31.5 Å². The molecule has 98 valence electrons. The van der Waals surface area contributed by atoms with E-state index in [0.29, 0.717) is 23.4 Å². The van der Waals surface area contributed by atoms with Gasteiger partial charge in [-0.3, -0.25) is 4.79 Å². The lowest BCUT2D eigenvalue weighted by molar-refractivity contribution is -0.115. The van der Waals surface area contributed by atoms with Crippen LogP contribution in [-0.4, -0.2) is 23.5 Å². The predicted octanol–water partition coefficient (Wildman–Crippen LogP) is 2.97. The van der Waals surface area contributed by atoms with Gasteiger partial charge in [-0.2, -0.15) is 0 Å². The molecule has 18 heavy (non-hydrogen) atoms. The second-order valence-corrected chi connectivity index (χ2v) is 5.68. The van der Waals surface area contributed by atoms with Gasteiger partial charge < -0.3 is 10.6 Å². The molecule has 0 saturated heterocycles. The third-order valence-electron chi connectivity index (χ3n) is 2.99. The summed E-state index contributed by atoms with van der Waals surface area (Å²) in [7, 11) is 0. The van der Waals surface area contributed by atoms with Crippen molar-refractivity contribution in [2.75, 3.05) is 11.9 Å². The van der Waals surface area contributed by atoms with Crippen LogP contribution < -0.4 is 10.6 Å². The molecule has 1 amide bonds. The molecule has 6 heteroatoms. The standard InChI is InChI=1S/C12H15BrClN3O/c13-8-5-10(12(14)16-6-8)17-11(18)7-15-9-3-1-2-4-9/h5-6,9,15H,1-4,7H2,(H,17,18). The van der Waals surface area contributed by atoms with Crippen LogP contribution in [0.2, 0.25) is 5.15 Å². The Kier molecular flexibility index (Phi) is 4.97. The first-order chi connectivity index (χ1) is 8.65. The van der Waals surface area contributed by atoms with Crippen molar-refractivity contribution in [3.8, 4) is 0 Å². The number of rotatable bonds is 4. The summed E-state index contributed by atoms with van der Waals surface area (Å²) >= 11 is 9.19. The van der Waals surface area contributed by atoms with Crippen LogP contribution in [0.25, 0.3) is 0 Å². The first-order valence-corrected chi connectivity index (χ1v) is 7.16. The van der Waals surface area contributed by atoms with Crippen LogP contribution in [0.15, 0.2) is 16.7 Å². The molecule has 0 spiro atoms. The van der Waals surface area contributed by atoms with E-state index in [1.54, 1.807) is 12.3 Å². The number of pyridine rings is 1. The van der Waals surface area contributed by atoms with E-state index in [1.807, 2.05) is 0 Å². The normalized spacial score (nSPS) is 15.9. The molecule has 1 aliphatic carbocycles. The summed E-state index contributed by atoms with van der Waals surface area (Å²) in [6, 6.07) is 2.22. The first kappa shape index (κ1) is 13.8. The molecule has 1 aromatic rings. The lowest BCUT2D eigenvalue weighted by Crippen LogP contribution is -2.34. The third kappa shape index (κ3) is 3.93. The molecule has 0 aromatic carbocycles. The maximum Gasteiger partial charge on any atom is 0.238 e. The van der Waals surface area contributed by atoms with E-state index in [-0.39, 0.29) is 5.91 Å². The predicted molar refractivity (Wildman–Crippen MR) is 75.8 cm³/mol. The number of hydrogen-bond donors (Lipinski definition) is 2. The van der Waals surface area contributed by atoms with E-state index in [4.69, 9.17) is 11.6 Å². The Morgan fingerprint density at radius 1 is 1.50 bits per heavy atom. The zero-order chi connectivity index (χ0) is 13.0. The van der Waals surface area contributed by atoms with E-state index < -0.39 is 0 Å². The van der Waals surface area contributed by atoms with Gasteiger partial charge in [0.1, 0.15) is 0 Å². The van der Waals surface area contributed by atoms with E-state index in [0.717, 1.165) is 17.3 Å². The van der Waals surface area contributed by atoms with Gasteiger partial charge in [-0.15, -0.1) is 0 Å². The van der Waals surface area contributed by atoms with Crippen LogP contribution in [0.5, 0.6) is 0 Å². The molecule has 4 nitrogen and oxygen atoms in total. The van der Waals surface area contributed by atoms with Gasteiger partial charge in [0.15, 0.2) is 5.15 Å². The molecular formula is C12H15BrClN3O. The Labute approximate surface area is 120 Å². The van der Waals surface area contributed by atoms with E-state index in [9.17, 15) is 4.79 Å². The van der Waals surface area contributed by atoms with Gasteiger partial charge in [-0.05, 0) is 34.8 Å². The highest BCUT2D eigenvalue weighted by Gasteiger charge is 2.15. The number of carbonyl (C=O) groups excluding carboxylic acids is 1. The van der Waals surface area contributed by atoms with Gasteiger partial charge in [-0.25, -0.2) is 4.98 Å². The van der Waals surface area contributed by atoms with E-state index >= 15 is 0 Å². The molecule has 1 saturated carbocycles. The quantitative estimate of drug-likeness (QED) is 0.834. The average molecular weight is 333 g/mol. The summed E-state index contributed by atoms with van der Waals surface area (Å²) in [5.74, 6) is -0.0938. The molecule has 0 atom stereocenters. The van der Waals surface area contributed by atoms with Gasteiger partial charge in [0.2, 0.25) is 5.91 Å². The molecule has 2 N–H and O–H groups in total. The molecular weight excluding hydrogens is 318 g/mol. The minimum atomic E-state index is -0.0938. The SMILES string of the molecule is O=C(CNC1CCCC1)Nc1cc(Br)cnc1Cl. The molecule has 1 aliphatic rings.